The van der Waals surface area contributed by atoms with Crippen molar-refractivity contribution in [3.05, 3.63) is 29.3 Å². The van der Waals surface area contributed by atoms with E-state index in [9.17, 15) is 14.0 Å². The Morgan fingerprint density at radius 1 is 1.26 bits per heavy atom. The standard InChI is InChI=1S/C23H30ClFN4O2/c24-19-7-2-3-8-20(19)28-22(31)23(9-4-1-5-10-23)11-6-12-27-15-21(30)29-16-17(25)13-18(29)14-26/h2-3,7-8,17-18,27H,1,4-6,9-13,15-16H2,(H,28,31)/t17-,18?/m0/s1. The van der Waals surface area contributed by atoms with E-state index in [2.05, 4.69) is 10.6 Å². The summed E-state index contributed by atoms with van der Waals surface area (Å²) in [7, 11) is 0. The molecule has 6 nitrogen and oxygen atoms in total. The van der Waals surface area contributed by atoms with Crippen LogP contribution in [-0.4, -0.2) is 48.6 Å². The molecule has 8 heteroatoms. The van der Waals surface area contributed by atoms with Crippen molar-refractivity contribution >= 4 is 29.1 Å². The van der Waals surface area contributed by atoms with Gasteiger partial charge in [-0.15, -0.1) is 0 Å². The van der Waals surface area contributed by atoms with Crippen molar-refractivity contribution in [2.75, 3.05) is 25.0 Å². The summed E-state index contributed by atoms with van der Waals surface area (Å²) in [6.07, 6.45) is 5.31. The van der Waals surface area contributed by atoms with Crippen LogP contribution in [-0.2, 0) is 9.59 Å². The first-order valence-corrected chi connectivity index (χ1v) is 11.4. The van der Waals surface area contributed by atoms with Crippen LogP contribution in [0, 0.1) is 16.7 Å². The molecule has 3 rings (SSSR count). The topological polar surface area (TPSA) is 85.2 Å². The second-order valence-electron chi connectivity index (χ2n) is 8.58. The number of nitrogens with one attached hydrogen (secondary N) is 2. The molecule has 2 amide bonds. The van der Waals surface area contributed by atoms with Gasteiger partial charge >= 0.3 is 0 Å². The van der Waals surface area contributed by atoms with Crippen LogP contribution in [0.4, 0.5) is 10.1 Å². The highest BCUT2D eigenvalue weighted by molar-refractivity contribution is 6.33. The summed E-state index contributed by atoms with van der Waals surface area (Å²) in [5, 5.41) is 15.7. The maximum absolute atomic E-state index is 13.5. The molecule has 0 aromatic heterocycles. The summed E-state index contributed by atoms with van der Waals surface area (Å²) in [5.74, 6) is -0.241. The highest BCUT2D eigenvalue weighted by Crippen LogP contribution is 2.41. The lowest BCUT2D eigenvalue weighted by Gasteiger charge is -2.36. The van der Waals surface area contributed by atoms with Gasteiger partial charge in [0.05, 0.1) is 29.9 Å². The van der Waals surface area contributed by atoms with E-state index in [0.717, 1.165) is 44.9 Å². The minimum absolute atomic E-state index is 0.00985. The first-order chi connectivity index (χ1) is 14.9. The molecule has 1 heterocycles. The number of halogens is 2. The van der Waals surface area contributed by atoms with Gasteiger partial charge in [0.1, 0.15) is 12.2 Å². The minimum Gasteiger partial charge on any atom is -0.324 e. The lowest BCUT2D eigenvalue weighted by atomic mass is 9.70. The maximum atomic E-state index is 13.5. The van der Waals surface area contributed by atoms with Crippen molar-refractivity contribution in [1.82, 2.24) is 10.2 Å². The summed E-state index contributed by atoms with van der Waals surface area (Å²) in [5.41, 5.74) is 0.206. The number of anilines is 1. The number of carbonyl (C=O) groups excluding carboxylic acids is 2. The molecule has 1 saturated heterocycles. The summed E-state index contributed by atoms with van der Waals surface area (Å²) < 4.78 is 13.5. The molecule has 168 valence electrons. The highest BCUT2D eigenvalue weighted by Gasteiger charge is 2.39. The Bertz CT molecular complexity index is 822. The molecular weight excluding hydrogens is 419 g/mol. The molecule has 0 radical (unpaired) electrons. The number of carbonyl (C=O) groups is 2. The van der Waals surface area contributed by atoms with Crippen molar-refractivity contribution in [2.24, 2.45) is 5.41 Å². The Kier molecular flexibility index (Phi) is 8.28. The Hall–Kier alpha value is -2.17. The first-order valence-electron chi connectivity index (χ1n) is 11.0. The molecule has 1 saturated carbocycles. The van der Waals surface area contributed by atoms with Crippen molar-refractivity contribution in [3.63, 3.8) is 0 Å². The largest absolute Gasteiger partial charge is 0.324 e. The molecule has 0 spiro atoms. The van der Waals surface area contributed by atoms with Crippen LogP contribution in [0.25, 0.3) is 0 Å². The highest BCUT2D eigenvalue weighted by atomic mass is 35.5. The van der Waals surface area contributed by atoms with Gasteiger partial charge in [-0.05, 0) is 44.4 Å². The third-order valence-corrected chi connectivity index (χ3v) is 6.75. The third kappa shape index (κ3) is 5.96. The predicted molar refractivity (Wildman–Crippen MR) is 118 cm³/mol. The maximum Gasteiger partial charge on any atom is 0.237 e. The van der Waals surface area contributed by atoms with E-state index in [1.165, 1.54) is 4.90 Å². The van der Waals surface area contributed by atoms with E-state index < -0.39 is 17.6 Å². The van der Waals surface area contributed by atoms with Crippen molar-refractivity contribution in [1.29, 1.82) is 5.26 Å². The van der Waals surface area contributed by atoms with Crippen molar-refractivity contribution in [3.8, 4) is 6.07 Å². The quantitative estimate of drug-likeness (QED) is 0.587. The number of alkyl halides is 1. The van der Waals surface area contributed by atoms with Gasteiger partial charge in [-0.25, -0.2) is 4.39 Å². The zero-order chi connectivity index (χ0) is 22.3. The van der Waals surface area contributed by atoms with Crippen LogP contribution < -0.4 is 10.6 Å². The van der Waals surface area contributed by atoms with Gasteiger partial charge in [0.2, 0.25) is 11.8 Å². The molecule has 0 bridgehead atoms. The minimum atomic E-state index is -1.13. The average molecular weight is 449 g/mol. The van der Waals surface area contributed by atoms with Crippen LogP contribution >= 0.6 is 11.6 Å². The monoisotopic (exact) mass is 448 g/mol. The van der Waals surface area contributed by atoms with Crippen LogP contribution in [0.3, 0.4) is 0 Å². The van der Waals surface area contributed by atoms with Crippen LogP contribution in [0.1, 0.15) is 51.4 Å². The Labute approximate surface area is 188 Å². The molecule has 2 atom stereocenters. The molecule has 1 aliphatic carbocycles. The Morgan fingerprint density at radius 3 is 2.71 bits per heavy atom. The molecule has 1 aromatic rings. The number of hydrogen-bond donors (Lipinski definition) is 2. The van der Waals surface area contributed by atoms with Gasteiger partial charge in [-0.2, -0.15) is 5.26 Å². The molecule has 1 unspecified atom stereocenters. The summed E-state index contributed by atoms with van der Waals surface area (Å²) in [4.78, 5) is 26.8. The number of likely N-dealkylation sites (tertiary alicyclic amines) is 1. The fraction of sp³-hybridized carbons (Fsp3) is 0.609. The van der Waals surface area contributed by atoms with E-state index in [1.807, 2.05) is 18.2 Å². The lowest BCUT2D eigenvalue weighted by Crippen LogP contribution is -2.41. The van der Waals surface area contributed by atoms with E-state index >= 15 is 0 Å². The van der Waals surface area contributed by atoms with E-state index in [1.54, 1.807) is 12.1 Å². The van der Waals surface area contributed by atoms with E-state index in [-0.39, 0.29) is 31.3 Å². The van der Waals surface area contributed by atoms with Gasteiger partial charge in [-0.3, -0.25) is 9.59 Å². The smallest absolute Gasteiger partial charge is 0.237 e. The van der Waals surface area contributed by atoms with Gasteiger partial charge in [-0.1, -0.05) is 43.0 Å². The summed E-state index contributed by atoms with van der Waals surface area (Å²) in [6, 6.07) is 8.55. The molecule has 2 fully saturated rings. The fourth-order valence-electron chi connectivity index (χ4n) is 4.67. The van der Waals surface area contributed by atoms with Crippen LogP contribution in [0.15, 0.2) is 24.3 Å². The zero-order valence-corrected chi connectivity index (χ0v) is 18.5. The normalized spacial score (nSPS) is 22.7. The van der Waals surface area contributed by atoms with Gasteiger partial charge in [0.15, 0.2) is 0 Å². The second-order valence-corrected chi connectivity index (χ2v) is 8.99. The second kappa shape index (κ2) is 10.9. The Morgan fingerprint density at radius 2 is 2.00 bits per heavy atom. The van der Waals surface area contributed by atoms with E-state index in [0.29, 0.717) is 17.3 Å². The number of para-hydroxylation sites is 1. The predicted octanol–water partition coefficient (Wildman–Crippen LogP) is 4.06. The van der Waals surface area contributed by atoms with Crippen molar-refractivity contribution in [2.45, 2.75) is 63.6 Å². The molecule has 31 heavy (non-hydrogen) atoms. The molecular formula is C23H30ClFN4O2. The fourth-order valence-corrected chi connectivity index (χ4v) is 4.85. The number of hydrogen-bond acceptors (Lipinski definition) is 4. The SMILES string of the molecule is N#CC1C[C@H](F)CN1C(=O)CNCCCC1(C(=O)Nc2ccccc2Cl)CCCCC1. The first kappa shape index (κ1) is 23.5. The Balaban J connectivity index is 1.49. The van der Waals surface area contributed by atoms with Gasteiger partial charge in [0, 0.05) is 11.8 Å². The number of benzene rings is 1. The van der Waals surface area contributed by atoms with Crippen molar-refractivity contribution < 1.29 is 14.0 Å². The van der Waals surface area contributed by atoms with Crippen LogP contribution in [0.2, 0.25) is 5.02 Å². The van der Waals surface area contributed by atoms with Gasteiger partial charge < -0.3 is 15.5 Å². The molecule has 2 aliphatic rings. The van der Waals surface area contributed by atoms with Gasteiger partial charge in [0.25, 0.3) is 0 Å². The number of nitrogens with zero attached hydrogens (tertiary/aromatic N) is 2. The number of nitriles is 1. The molecule has 1 aliphatic heterocycles. The van der Waals surface area contributed by atoms with E-state index in [4.69, 9.17) is 16.9 Å². The lowest BCUT2D eigenvalue weighted by molar-refractivity contribution is -0.130. The molecule has 2 N–H and O–H groups in total. The third-order valence-electron chi connectivity index (χ3n) is 6.42. The van der Waals surface area contributed by atoms with Crippen LogP contribution in [0.5, 0.6) is 0 Å². The number of amides is 2. The molecule has 1 aromatic carbocycles. The average Bonchev–Trinajstić information content (AvgIpc) is 3.16. The summed E-state index contributed by atoms with van der Waals surface area (Å²) >= 11 is 6.21. The zero-order valence-electron chi connectivity index (χ0n) is 17.7. The summed E-state index contributed by atoms with van der Waals surface area (Å²) in [6.45, 7) is 0.644. The number of rotatable bonds is 8.